The van der Waals surface area contributed by atoms with E-state index in [2.05, 4.69) is 31.0 Å². The zero-order chi connectivity index (χ0) is 12.0. The van der Waals surface area contributed by atoms with Gasteiger partial charge in [-0.15, -0.1) is 0 Å². The zero-order valence-electron chi connectivity index (χ0n) is 10.6. The lowest BCUT2D eigenvalue weighted by Gasteiger charge is -2.25. The second kappa shape index (κ2) is 6.51. The molecule has 0 aliphatic carbocycles. The molecule has 0 amide bonds. The summed E-state index contributed by atoms with van der Waals surface area (Å²) in [7, 11) is 5.50. The van der Waals surface area contributed by atoms with Crippen molar-refractivity contribution < 1.29 is 9.47 Å². The van der Waals surface area contributed by atoms with Crippen molar-refractivity contribution in [3.63, 3.8) is 0 Å². The van der Waals surface area contributed by atoms with Gasteiger partial charge in [0.1, 0.15) is 12.0 Å². The maximum atomic E-state index is 5.47. The summed E-state index contributed by atoms with van der Waals surface area (Å²) in [4.78, 5) is 2.18. The van der Waals surface area contributed by atoms with E-state index in [0.29, 0.717) is 0 Å². The van der Waals surface area contributed by atoms with Crippen LogP contribution >= 0.6 is 0 Å². The Kier molecular flexibility index (Phi) is 5.29. The molecule has 0 saturated heterocycles. The van der Waals surface area contributed by atoms with Crippen molar-refractivity contribution in [2.75, 3.05) is 27.8 Å². The summed E-state index contributed by atoms with van der Waals surface area (Å²) >= 11 is 0. The molecule has 3 nitrogen and oxygen atoms in total. The van der Waals surface area contributed by atoms with Crippen LogP contribution in [-0.4, -0.2) is 38.9 Å². The number of hydrogen-bond donors (Lipinski definition) is 0. The van der Waals surface area contributed by atoms with Crippen molar-refractivity contribution in [1.82, 2.24) is 4.90 Å². The zero-order valence-corrected chi connectivity index (χ0v) is 10.6. The van der Waals surface area contributed by atoms with E-state index in [1.165, 1.54) is 5.56 Å². The van der Waals surface area contributed by atoms with Gasteiger partial charge in [0, 0.05) is 13.5 Å². The van der Waals surface area contributed by atoms with Gasteiger partial charge in [-0.05, 0) is 31.3 Å². The van der Waals surface area contributed by atoms with Crippen LogP contribution in [0.15, 0.2) is 24.3 Å². The second-order valence-corrected chi connectivity index (χ2v) is 3.82. The molecule has 1 aromatic carbocycles. The second-order valence-electron chi connectivity index (χ2n) is 3.82. The predicted octanol–water partition coefficient (Wildman–Crippen LogP) is 2.16. The fourth-order valence-corrected chi connectivity index (χ4v) is 1.62. The van der Waals surface area contributed by atoms with Gasteiger partial charge in [0.05, 0.1) is 7.11 Å². The number of hydrogen-bond acceptors (Lipinski definition) is 3. The molecule has 0 aromatic heterocycles. The molecule has 16 heavy (non-hydrogen) atoms. The van der Waals surface area contributed by atoms with Gasteiger partial charge in [0.15, 0.2) is 0 Å². The predicted molar refractivity (Wildman–Crippen MR) is 65.8 cm³/mol. The average Bonchev–Trinajstić information content (AvgIpc) is 2.35. The molecule has 0 bridgehead atoms. The van der Waals surface area contributed by atoms with Gasteiger partial charge < -0.3 is 9.47 Å². The van der Waals surface area contributed by atoms with Gasteiger partial charge >= 0.3 is 0 Å². The quantitative estimate of drug-likeness (QED) is 0.690. The van der Waals surface area contributed by atoms with E-state index in [1.807, 2.05) is 12.1 Å². The van der Waals surface area contributed by atoms with Crippen molar-refractivity contribution in [3.05, 3.63) is 29.8 Å². The molecule has 90 valence electrons. The first-order valence-corrected chi connectivity index (χ1v) is 5.57. The van der Waals surface area contributed by atoms with Crippen molar-refractivity contribution in [3.8, 4) is 5.75 Å². The van der Waals surface area contributed by atoms with Crippen LogP contribution in [0.4, 0.5) is 0 Å². The molecular formula is C13H21NO2. The maximum Gasteiger partial charge on any atom is 0.119 e. The summed E-state index contributed by atoms with van der Waals surface area (Å²) in [5.74, 6) is 0.895. The monoisotopic (exact) mass is 223 g/mol. The Morgan fingerprint density at radius 1 is 1.31 bits per heavy atom. The van der Waals surface area contributed by atoms with Crippen molar-refractivity contribution in [1.29, 1.82) is 0 Å². The third kappa shape index (κ3) is 3.51. The van der Waals surface area contributed by atoms with E-state index in [0.717, 1.165) is 18.7 Å². The first kappa shape index (κ1) is 13.0. The average molecular weight is 223 g/mol. The van der Waals surface area contributed by atoms with Crippen LogP contribution in [0.3, 0.4) is 0 Å². The molecule has 3 heteroatoms. The summed E-state index contributed by atoms with van der Waals surface area (Å²) in [5.41, 5.74) is 1.23. The largest absolute Gasteiger partial charge is 0.497 e. The molecule has 0 heterocycles. The van der Waals surface area contributed by atoms with E-state index in [4.69, 9.17) is 9.47 Å². The van der Waals surface area contributed by atoms with E-state index >= 15 is 0 Å². The number of likely N-dealkylation sites (N-methyl/N-ethyl adjacent to an activating group) is 1. The lowest BCUT2D eigenvalue weighted by Crippen LogP contribution is -2.34. The van der Waals surface area contributed by atoms with E-state index in [-0.39, 0.29) is 6.23 Å². The Morgan fingerprint density at radius 2 is 2.06 bits per heavy atom. The Labute approximate surface area is 98.0 Å². The smallest absolute Gasteiger partial charge is 0.119 e. The third-order valence-corrected chi connectivity index (χ3v) is 2.81. The maximum absolute atomic E-state index is 5.47. The van der Waals surface area contributed by atoms with Crippen LogP contribution in [0.5, 0.6) is 5.75 Å². The van der Waals surface area contributed by atoms with E-state index in [1.54, 1.807) is 14.2 Å². The van der Waals surface area contributed by atoms with Crippen molar-refractivity contribution in [2.24, 2.45) is 0 Å². The van der Waals surface area contributed by atoms with Crippen LogP contribution < -0.4 is 4.74 Å². The molecular weight excluding hydrogens is 202 g/mol. The fourth-order valence-electron chi connectivity index (χ4n) is 1.62. The molecule has 0 fully saturated rings. The number of methoxy groups -OCH3 is 2. The van der Waals surface area contributed by atoms with Crippen LogP contribution in [-0.2, 0) is 11.2 Å². The molecule has 1 aromatic rings. The van der Waals surface area contributed by atoms with Gasteiger partial charge in [-0.2, -0.15) is 0 Å². The Hall–Kier alpha value is -1.06. The van der Waals surface area contributed by atoms with E-state index < -0.39 is 0 Å². The molecule has 0 aliphatic heterocycles. The highest BCUT2D eigenvalue weighted by Gasteiger charge is 2.12. The summed E-state index contributed by atoms with van der Waals surface area (Å²) in [6.07, 6.45) is 0.995. The standard InChI is InChI=1S/C13H21NO2/c1-5-14(2)13(16-4)10-11-7-6-8-12(9-11)15-3/h6-9,13H,5,10H2,1-4H3. The molecule has 0 spiro atoms. The number of benzene rings is 1. The molecule has 0 radical (unpaired) electrons. The highest BCUT2D eigenvalue weighted by Crippen LogP contribution is 2.15. The minimum absolute atomic E-state index is 0.122. The molecule has 1 atom stereocenters. The molecule has 1 unspecified atom stereocenters. The Balaban J connectivity index is 2.69. The van der Waals surface area contributed by atoms with Gasteiger partial charge in [-0.1, -0.05) is 19.1 Å². The Bertz CT molecular complexity index is 315. The minimum Gasteiger partial charge on any atom is -0.497 e. The lowest BCUT2D eigenvalue weighted by molar-refractivity contribution is -0.0141. The summed E-state index contributed by atoms with van der Waals surface area (Å²) < 4.78 is 10.7. The number of rotatable bonds is 6. The lowest BCUT2D eigenvalue weighted by atomic mass is 10.1. The first-order valence-electron chi connectivity index (χ1n) is 5.57. The van der Waals surface area contributed by atoms with Crippen LogP contribution in [0.25, 0.3) is 0 Å². The number of nitrogens with zero attached hydrogens (tertiary/aromatic N) is 1. The third-order valence-electron chi connectivity index (χ3n) is 2.81. The molecule has 0 N–H and O–H groups in total. The fraction of sp³-hybridized carbons (Fsp3) is 0.538. The molecule has 0 saturated carbocycles. The molecule has 1 rings (SSSR count). The van der Waals surface area contributed by atoms with Crippen LogP contribution in [0.2, 0.25) is 0 Å². The van der Waals surface area contributed by atoms with Crippen LogP contribution in [0, 0.1) is 0 Å². The summed E-state index contributed by atoms with van der Waals surface area (Å²) in [6.45, 7) is 3.10. The van der Waals surface area contributed by atoms with Crippen molar-refractivity contribution in [2.45, 2.75) is 19.6 Å². The van der Waals surface area contributed by atoms with Gasteiger partial charge in [0.2, 0.25) is 0 Å². The first-order chi connectivity index (χ1) is 7.71. The highest BCUT2D eigenvalue weighted by atomic mass is 16.5. The number of ether oxygens (including phenoxy) is 2. The van der Waals surface area contributed by atoms with E-state index in [9.17, 15) is 0 Å². The van der Waals surface area contributed by atoms with Gasteiger partial charge in [-0.3, -0.25) is 4.90 Å². The van der Waals surface area contributed by atoms with Crippen molar-refractivity contribution >= 4 is 0 Å². The molecule has 0 aliphatic rings. The van der Waals surface area contributed by atoms with Gasteiger partial charge in [-0.25, -0.2) is 0 Å². The topological polar surface area (TPSA) is 21.7 Å². The highest BCUT2D eigenvalue weighted by molar-refractivity contribution is 5.28. The van der Waals surface area contributed by atoms with Crippen LogP contribution in [0.1, 0.15) is 12.5 Å². The summed E-state index contributed by atoms with van der Waals surface area (Å²) in [6, 6.07) is 8.11. The Morgan fingerprint density at radius 3 is 2.62 bits per heavy atom. The minimum atomic E-state index is 0.122. The van der Waals surface area contributed by atoms with Gasteiger partial charge in [0.25, 0.3) is 0 Å². The SMILES string of the molecule is CCN(C)C(Cc1cccc(OC)c1)OC. The normalized spacial score (nSPS) is 12.8. The summed E-state index contributed by atoms with van der Waals surface area (Å²) in [5, 5.41) is 0.